The highest BCUT2D eigenvalue weighted by atomic mass is 19.3. The summed E-state index contributed by atoms with van der Waals surface area (Å²) in [6.45, 7) is 6.73. The average Bonchev–Trinajstić information content (AvgIpc) is 3.17. The van der Waals surface area contributed by atoms with Crippen LogP contribution in [0.5, 0.6) is 0 Å². The van der Waals surface area contributed by atoms with Gasteiger partial charge in [0.15, 0.2) is 5.82 Å². The van der Waals surface area contributed by atoms with Gasteiger partial charge in [0.25, 0.3) is 6.43 Å². The molecule has 0 bridgehead atoms. The first-order valence-corrected chi connectivity index (χ1v) is 11.6. The fraction of sp³-hybridized carbons (Fsp3) is 0.583. The summed E-state index contributed by atoms with van der Waals surface area (Å²) in [6, 6.07) is 3.83. The maximum Gasteiger partial charge on any atom is 0.264 e. The van der Waals surface area contributed by atoms with Gasteiger partial charge in [-0.15, -0.1) is 0 Å². The van der Waals surface area contributed by atoms with E-state index < -0.39 is 6.43 Å². The number of carbonyl (C=O) groups is 1. The molecule has 0 spiro atoms. The van der Waals surface area contributed by atoms with Crippen molar-refractivity contribution >= 4 is 17.4 Å². The van der Waals surface area contributed by atoms with E-state index in [1.165, 1.54) is 5.69 Å². The number of hydrogen-bond donors (Lipinski definition) is 0. The Morgan fingerprint density at radius 2 is 1.97 bits per heavy atom. The summed E-state index contributed by atoms with van der Waals surface area (Å²) in [6.07, 6.45) is 1.89. The zero-order chi connectivity index (χ0) is 22.4. The molecule has 1 fully saturated rings. The van der Waals surface area contributed by atoms with Gasteiger partial charge < -0.3 is 14.5 Å². The largest absolute Gasteiger partial charge is 0.381 e. The molecule has 1 amide bonds. The Kier molecular flexibility index (Phi) is 5.65. The van der Waals surface area contributed by atoms with E-state index in [4.69, 9.17) is 9.84 Å². The van der Waals surface area contributed by atoms with Crippen molar-refractivity contribution in [1.82, 2.24) is 14.7 Å². The van der Waals surface area contributed by atoms with E-state index in [0.29, 0.717) is 18.7 Å². The van der Waals surface area contributed by atoms with Gasteiger partial charge in [-0.25, -0.2) is 8.78 Å². The first-order valence-electron chi connectivity index (χ1n) is 11.6. The molecule has 3 aliphatic rings. The van der Waals surface area contributed by atoms with Gasteiger partial charge in [0.05, 0.1) is 12.6 Å². The van der Waals surface area contributed by atoms with Crippen LogP contribution in [0, 0.1) is 6.92 Å². The van der Waals surface area contributed by atoms with Crippen LogP contribution in [0.2, 0.25) is 0 Å². The minimum Gasteiger partial charge on any atom is -0.381 e. The molecule has 2 aromatic rings. The van der Waals surface area contributed by atoms with Gasteiger partial charge in [-0.3, -0.25) is 9.48 Å². The summed E-state index contributed by atoms with van der Waals surface area (Å²) in [5.41, 5.74) is 4.88. The Morgan fingerprint density at radius 1 is 1.19 bits per heavy atom. The second-order valence-electron chi connectivity index (χ2n) is 9.12. The molecule has 32 heavy (non-hydrogen) atoms. The first kappa shape index (κ1) is 21.4. The number of aromatic nitrogens is 2. The van der Waals surface area contributed by atoms with Crippen molar-refractivity contribution in [3.8, 4) is 0 Å². The standard InChI is InChI=1S/C24H30F2N4O2/c1-15-12-17-4-3-8-29(22(17)13-19(15)23(25)26)24-20-14-28(16(2)31)9-5-21(20)30(27-24)18-6-10-32-11-7-18/h12-13,18,23H,3-11,14H2,1-2H3. The quantitative estimate of drug-likeness (QED) is 0.701. The van der Waals surface area contributed by atoms with Crippen molar-refractivity contribution in [2.24, 2.45) is 0 Å². The van der Waals surface area contributed by atoms with E-state index in [9.17, 15) is 13.6 Å². The van der Waals surface area contributed by atoms with Crippen LogP contribution in [0.25, 0.3) is 0 Å². The number of rotatable bonds is 3. The molecule has 0 radical (unpaired) electrons. The number of aryl methyl sites for hydroxylation is 2. The monoisotopic (exact) mass is 444 g/mol. The summed E-state index contributed by atoms with van der Waals surface area (Å²) >= 11 is 0. The lowest BCUT2D eigenvalue weighted by atomic mass is 9.95. The topological polar surface area (TPSA) is 50.6 Å². The van der Waals surface area contributed by atoms with Crippen molar-refractivity contribution in [2.45, 2.75) is 65.0 Å². The zero-order valence-electron chi connectivity index (χ0n) is 18.7. The highest BCUT2D eigenvalue weighted by Crippen LogP contribution is 2.41. The van der Waals surface area contributed by atoms with Gasteiger partial charge in [0.2, 0.25) is 5.91 Å². The lowest BCUT2D eigenvalue weighted by Crippen LogP contribution is -2.36. The van der Waals surface area contributed by atoms with Gasteiger partial charge >= 0.3 is 0 Å². The number of benzene rings is 1. The van der Waals surface area contributed by atoms with Crippen LogP contribution in [0.3, 0.4) is 0 Å². The number of anilines is 2. The number of ether oxygens (including phenoxy) is 1. The van der Waals surface area contributed by atoms with E-state index in [1.54, 1.807) is 19.9 Å². The van der Waals surface area contributed by atoms with Crippen LogP contribution in [0.1, 0.15) is 66.6 Å². The summed E-state index contributed by atoms with van der Waals surface area (Å²) < 4.78 is 35.1. The molecule has 0 saturated carbocycles. The van der Waals surface area contributed by atoms with Crippen LogP contribution in [0.4, 0.5) is 20.3 Å². The van der Waals surface area contributed by atoms with Gasteiger partial charge in [0.1, 0.15) is 0 Å². The van der Waals surface area contributed by atoms with Crippen molar-refractivity contribution in [2.75, 3.05) is 31.2 Å². The fourth-order valence-corrected chi connectivity index (χ4v) is 5.37. The van der Waals surface area contributed by atoms with Crippen molar-refractivity contribution in [1.29, 1.82) is 0 Å². The summed E-state index contributed by atoms with van der Waals surface area (Å²) in [7, 11) is 0. The molecular weight excluding hydrogens is 414 g/mol. The number of halogens is 2. The molecule has 0 atom stereocenters. The smallest absolute Gasteiger partial charge is 0.264 e. The molecule has 1 aromatic carbocycles. The normalized spacial score (nSPS) is 19.3. The van der Waals surface area contributed by atoms with Gasteiger partial charge in [-0.1, -0.05) is 6.07 Å². The summed E-state index contributed by atoms with van der Waals surface area (Å²) in [5, 5.41) is 5.09. The highest BCUT2D eigenvalue weighted by Gasteiger charge is 2.33. The molecule has 0 aliphatic carbocycles. The van der Waals surface area contributed by atoms with E-state index >= 15 is 0 Å². The Labute approximate surface area is 187 Å². The van der Waals surface area contributed by atoms with E-state index in [2.05, 4.69) is 9.58 Å². The van der Waals surface area contributed by atoms with Crippen molar-refractivity contribution in [3.63, 3.8) is 0 Å². The fourth-order valence-electron chi connectivity index (χ4n) is 5.37. The molecule has 5 rings (SSSR count). The average molecular weight is 445 g/mol. The molecule has 1 aromatic heterocycles. The number of alkyl halides is 2. The number of nitrogens with zero attached hydrogens (tertiary/aromatic N) is 4. The Hall–Kier alpha value is -2.48. The van der Waals surface area contributed by atoms with Gasteiger partial charge in [-0.05, 0) is 49.8 Å². The maximum atomic E-state index is 13.7. The summed E-state index contributed by atoms with van der Waals surface area (Å²) in [5.74, 6) is 0.873. The molecule has 4 heterocycles. The predicted octanol–water partition coefficient (Wildman–Crippen LogP) is 4.47. The van der Waals surface area contributed by atoms with Crippen molar-refractivity contribution < 1.29 is 18.3 Å². The number of fused-ring (bicyclic) bond motifs is 2. The third-order valence-corrected chi connectivity index (χ3v) is 7.12. The lowest BCUT2D eigenvalue weighted by molar-refractivity contribution is -0.129. The Bertz CT molecular complexity index is 1030. The second-order valence-corrected chi connectivity index (χ2v) is 9.12. The van der Waals surface area contributed by atoms with Gasteiger partial charge in [-0.2, -0.15) is 5.10 Å². The molecular formula is C24H30F2N4O2. The SMILES string of the molecule is CC(=O)N1CCc2c(c(N3CCCc4cc(C)c(C(F)F)cc43)nn2C2CCOCC2)C1. The molecule has 0 unspecified atom stereocenters. The number of carbonyl (C=O) groups excluding carboxylic acids is 1. The Morgan fingerprint density at radius 3 is 2.69 bits per heavy atom. The third kappa shape index (κ3) is 3.68. The molecule has 8 heteroatoms. The second kappa shape index (κ2) is 8.46. The number of amides is 1. The van der Waals surface area contributed by atoms with Crippen LogP contribution in [-0.2, 0) is 28.9 Å². The molecule has 6 nitrogen and oxygen atoms in total. The zero-order valence-corrected chi connectivity index (χ0v) is 18.7. The first-order chi connectivity index (χ1) is 15.4. The molecule has 1 saturated heterocycles. The van der Waals surface area contributed by atoms with Crippen LogP contribution in [-0.4, -0.2) is 46.9 Å². The predicted molar refractivity (Wildman–Crippen MR) is 118 cm³/mol. The van der Waals surface area contributed by atoms with Crippen LogP contribution < -0.4 is 4.90 Å². The van der Waals surface area contributed by atoms with E-state index in [-0.39, 0.29) is 17.5 Å². The van der Waals surface area contributed by atoms with Crippen molar-refractivity contribution in [3.05, 3.63) is 40.1 Å². The highest BCUT2D eigenvalue weighted by molar-refractivity contribution is 5.75. The van der Waals surface area contributed by atoms with Crippen LogP contribution >= 0.6 is 0 Å². The summed E-state index contributed by atoms with van der Waals surface area (Å²) in [4.78, 5) is 16.1. The van der Waals surface area contributed by atoms with Crippen LogP contribution in [0.15, 0.2) is 12.1 Å². The maximum absolute atomic E-state index is 13.7. The number of hydrogen-bond acceptors (Lipinski definition) is 4. The minimum absolute atomic E-state index is 0.0510. The lowest BCUT2D eigenvalue weighted by Gasteiger charge is -2.33. The molecule has 3 aliphatic heterocycles. The van der Waals surface area contributed by atoms with Gasteiger partial charge in [0, 0.05) is 62.2 Å². The molecule has 0 N–H and O–H groups in total. The minimum atomic E-state index is -2.51. The van der Waals surface area contributed by atoms with E-state index in [1.807, 2.05) is 11.0 Å². The third-order valence-electron chi connectivity index (χ3n) is 7.12. The molecule has 172 valence electrons. The van der Waals surface area contributed by atoms with E-state index in [0.717, 1.165) is 74.5 Å². The Balaban J connectivity index is 1.62.